The van der Waals surface area contributed by atoms with Gasteiger partial charge in [-0.2, -0.15) is 0 Å². The summed E-state index contributed by atoms with van der Waals surface area (Å²) in [5.41, 5.74) is 8.51. The molecule has 0 unspecified atom stereocenters. The zero-order chi connectivity index (χ0) is 15.8. The van der Waals surface area contributed by atoms with Crippen molar-refractivity contribution in [3.05, 3.63) is 45.6 Å². The number of anilines is 2. The van der Waals surface area contributed by atoms with Crippen LogP contribution in [0.1, 0.15) is 16.7 Å². The first kappa shape index (κ1) is 15.8. The largest absolute Gasteiger partial charge is 0.398 e. The van der Waals surface area contributed by atoms with Gasteiger partial charge in [-0.05, 0) is 65.5 Å². The summed E-state index contributed by atoms with van der Waals surface area (Å²) in [6.45, 7) is 5.32. The molecule has 0 radical (unpaired) electrons. The van der Waals surface area contributed by atoms with E-state index in [1.54, 1.807) is 32.0 Å². The minimum Gasteiger partial charge on any atom is -0.398 e. The maximum atomic E-state index is 12.6. The van der Waals surface area contributed by atoms with Crippen molar-refractivity contribution in [1.29, 1.82) is 0 Å². The lowest BCUT2D eigenvalue weighted by atomic mass is 10.1. The lowest BCUT2D eigenvalue weighted by Crippen LogP contribution is -2.17. The van der Waals surface area contributed by atoms with Crippen LogP contribution in [0.5, 0.6) is 0 Å². The third kappa shape index (κ3) is 3.19. The molecular formula is C14H16BrN3O2S. The quantitative estimate of drug-likeness (QED) is 0.813. The predicted octanol–water partition coefficient (Wildman–Crippen LogP) is 3.15. The van der Waals surface area contributed by atoms with Crippen molar-refractivity contribution >= 4 is 37.5 Å². The number of halogens is 1. The Labute approximate surface area is 132 Å². The molecule has 0 saturated heterocycles. The molecule has 0 atom stereocenters. The van der Waals surface area contributed by atoms with Gasteiger partial charge in [0.2, 0.25) is 0 Å². The molecule has 0 amide bonds. The molecule has 21 heavy (non-hydrogen) atoms. The number of aryl methyl sites for hydroxylation is 2. The monoisotopic (exact) mass is 369 g/mol. The van der Waals surface area contributed by atoms with Crippen molar-refractivity contribution in [3.8, 4) is 0 Å². The maximum absolute atomic E-state index is 12.6. The minimum atomic E-state index is -3.73. The third-order valence-corrected chi connectivity index (χ3v) is 5.31. The molecule has 112 valence electrons. The second-order valence-corrected chi connectivity index (χ2v) is 7.38. The second kappa shape index (κ2) is 5.65. The average Bonchev–Trinajstić information content (AvgIpc) is 2.38. The van der Waals surface area contributed by atoms with Crippen LogP contribution in [-0.4, -0.2) is 13.4 Å². The van der Waals surface area contributed by atoms with Gasteiger partial charge in [-0.1, -0.05) is 6.07 Å². The van der Waals surface area contributed by atoms with Gasteiger partial charge in [-0.3, -0.25) is 4.72 Å². The highest BCUT2D eigenvalue weighted by atomic mass is 79.9. The summed E-state index contributed by atoms with van der Waals surface area (Å²) in [4.78, 5) is 4.22. The zero-order valence-electron chi connectivity index (χ0n) is 11.9. The Morgan fingerprint density at radius 2 is 1.86 bits per heavy atom. The van der Waals surface area contributed by atoms with E-state index in [9.17, 15) is 8.42 Å². The normalized spacial score (nSPS) is 11.4. The van der Waals surface area contributed by atoms with Gasteiger partial charge in [0.15, 0.2) is 0 Å². The van der Waals surface area contributed by atoms with E-state index in [4.69, 9.17) is 5.73 Å². The van der Waals surface area contributed by atoms with E-state index in [1.807, 2.05) is 6.92 Å². The van der Waals surface area contributed by atoms with Crippen molar-refractivity contribution in [3.63, 3.8) is 0 Å². The number of nitrogens with zero attached hydrogens (tertiary/aromatic N) is 1. The summed E-state index contributed by atoms with van der Waals surface area (Å²) in [6.07, 6.45) is 1.53. The number of hydrogen-bond donors (Lipinski definition) is 2. The van der Waals surface area contributed by atoms with E-state index in [0.717, 1.165) is 10.0 Å². The number of sulfonamides is 1. The highest BCUT2D eigenvalue weighted by Gasteiger charge is 2.22. The number of nitrogen functional groups attached to an aromatic ring is 1. The van der Waals surface area contributed by atoms with E-state index in [2.05, 4.69) is 25.6 Å². The van der Waals surface area contributed by atoms with Gasteiger partial charge >= 0.3 is 0 Å². The van der Waals surface area contributed by atoms with Crippen LogP contribution in [0.4, 0.5) is 11.5 Å². The summed E-state index contributed by atoms with van der Waals surface area (Å²) >= 11 is 3.25. The Kier molecular flexibility index (Phi) is 4.25. The van der Waals surface area contributed by atoms with Crippen LogP contribution in [0.15, 0.2) is 33.8 Å². The van der Waals surface area contributed by atoms with Crippen molar-refractivity contribution in [2.24, 2.45) is 0 Å². The first-order valence-electron chi connectivity index (χ1n) is 6.23. The van der Waals surface area contributed by atoms with Crippen LogP contribution >= 0.6 is 15.9 Å². The highest BCUT2D eigenvalue weighted by Crippen LogP contribution is 2.29. The summed E-state index contributed by atoms with van der Waals surface area (Å²) in [5, 5.41) is 0. The molecule has 0 fully saturated rings. The van der Waals surface area contributed by atoms with Gasteiger partial charge < -0.3 is 5.73 Å². The Hall–Kier alpha value is -1.60. The van der Waals surface area contributed by atoms with E-state index in [1.165, 1.54) is 6.20 Å². The van der Waals surface area contributed by atoms with E-state index >= 15 is 0 Å². The third-order valence-electron chi connectivity index (χ3n) is 3.20. The van der Waals surface area contributed by atoms with Gasteiger partial charge in [0, 0.05) is 16.4 Å². The Balaban J connectivity index is 2.50. The maximum Gasteiger partial charge on any atom is 0.263 e. The van der Waals surface area contributed by atoms with E-state index < -0.39 is 10.0 Å². The Morgan fingerprint density at radius 1 is 1.19 bits per heavy atom. The molecule has 1 aromatic heterocycles. The fraction of sp³-hybridized carbons (Fsp3) is 0.214. The molecule has 0 aliphatic rings. The van der Waals surface area contributed by atoms with Crippen molar-refractivity contribution < 1.29 is 8.42 Å². The van der Waals surface area contributed by atoms with Crippen LogP contribution in [0.3, 0.4) is 0 Å². The number of nitrogens with two attached hydrogens (primary N) is 1. The number of hydrogen-bond acceptors (Lipinski definition) is 4. The van der Waals surface area contributed by atoms with Crippen LogP contribution in [-0.2, 0) is 10.0 Å². The lowest BCUT2D eigenvalue weighted by Gasteiger charge is -2.15. The standard InChI is InChI=1S/C14H16BrN3O2S/c1-8-6-9(2)14(10(3)13(8)16)21(19,20)18-12-5-4-11(15)7-17-12/h4-7H,16H2,1-3H3,(H,17,18). The van der Waals surface area contributed by atoms with Gasteiger partial charge in [-0.15, -0.1) is 0 Å². The molecular weight excluding hydrogens is 354 g/mol. The van der Waals surface area contributed by atoms with Gasteiger partial charge in [0.25, 0.3) is 10.0 Å². The molecule has 0 aliphatic carbocycles. The zero-order valence-corrected chi connectivity index (χ0v) is 14.3. The SMILES string of the molecule is Cc1cc(C)c(S(=O)(=O)Nc2ccc(Br)cn2)c(C)c1N. The number of rotatable bonds is 3. The predicted molar refractivity (Wildman–Crippen MR) is 87.8 cm³/mol. The molecule has 7 heteroatoms. The summed E-state index contributed by atoms with van der Waals surface area (Å²) in [5.74, 6) is 0.260. The number of aromatic nitrogens is 1. The van der Waals surface area contributed by atoms with Gasteiger partial charge in [-0.25, -0.2) is 13.4 Å². The Bertz CT molecular complexity index is 787. The molecule has 2 aromatic rings. The molecule has 0 spiro atoms. The molecule has 3 N–H and O–H groups in total. The second-order valence-electron chi connectivity index (χ2n) is 4.85. The molecule has 0 bridgehead atoms. The van der Waals surface area contributed by atoms with Crippen LogP contribution in [0.25, 0.3) is 0 Å². The highest BCUT2D eigenvalue weighted by molar-refractivity contribution is 9.10. The Morgan fingerprint density at radius 3 is 2.43 bits per heavy atom. The van der Waals surface area contributed by atoms with Crippen LogP contribution in [0, 0.1) is 20.8 Å². The number of pyridine rings is 1. The topological polar surface area (TPSA) is 85.1 Å². The van der Waals surface area contributed by atoms with E-state index in [-0.39, 0.29) is 10.7 Å². The van der Waals surface area contributed by atoms with Crippen molar-refractivity contribution in [2.45, 2.75) is 25.7 Å². The molecule has 2 rings (SSSR count). The van der Waals surface area contributed by atoms with Gasteiger partial charge in [0.1, 0.15) is 5.82 Å². The molecule has 0 aliphatic heterocycles. The fourth-order valence-corrected chi connectivity index (χ4v) is 3.95. The summed E-state index contributed by atoms with van der Waals surface area (Å²) < 4.78 is 28.4. The number of nitrogens with one attached hydrogen (secondary N) is 1. The first-order chi connectivity index (χ1) is 9.72. The molecule has 0 saturated carbocycles. The smallest absolute Gasteiger partial charge is 0.263 e. The van der Waals surface area contributed by atoms with Crippen LogP contribution in [0.2, 0.25) is 0 Å². The van der Waals surface area contributed by atoms with Crippen LogP contribution < -0.4 is 10.5 Å². The molecule has 1 aromatic carbocycles. The minimum absolute atomic E-state index is 0.204. The van der Waals surface area contributed by atoms with E-state index in [0.29, 0.717) is 16.8 Å². The molecule has 5 nitrogen and oxygen atoms in total. The van der Waals surface area contributed by atoms with Crippen molar-refractivity contribution in [2.75, 3.05) is 10.5 Å². The number of benzene rings is 1. The van der Waals surface area contributed by atoms with Gasteiger partial charge in [0.05, 0.1) is 4.90 Å². The molecule has 1 heterocycles. The first-order valence-corrected chi connectivity index (χ1v) is 8.50. The fourth-order valence-electron chi connectivity index (χ4n) is 2.22. The average molecular weight is 370 g/mol. The summed E-state index contributed by atoms with van der Waals surface area (Å²) in [7, 11) is -3.73. The summed E-state index contributed by atoms with van der Waals surface area (Å²) in [6, 6.07) is 5.07. The van der Waals surface area contributed by atoms with Crippen molar-refractivity contribution in [1.82, 2.24) is 4.98 Å². The lowest BCUT2D eigenvalue weighted by molar-refractivity contribution is 0.600.